The van der Waals surface area contributed by atoms with Crippen LogP contribution in [0.3, 0.4) is 0 Å². The molecular weight excluding hydrogens is 421 g/mol. The number of fused-ring (bicyclic) bond motifs is 1. The zero-order valence-electron chi connectivity index (χ0n) is 18.3. The van der Waals surface area contributed by atoms with E-state index in [2.05, 4.69) is 15.3 Å². The molecule has 1 aliphatic heterocycles. The Morgan fingerprint density at radius 2 is 2.06 bits per heavy atom. The lowest BCUT2D eigenvalue weighted by Gasteiger charge is -2.14. The third kappa shape index (κ3) is 4.22. The number of ether oxygens (including phenoxy) is 1. The summed E-state index contributed by atoms with van der Waals surface area (Å²) in [6.07, 6.45) is 3.46. The fourth-order valence-corrected chi connectivity index (χ4v) is 4.04. The van der Waals surface area contributed by atoms with E-state index >= 15 is 0 Å². The largest absolute Gasteiger partial charge is 0.487 e. The zero-order chi connectivity index (χ0) is 22.9. The number of hydrogen-bond acceptors (Lipinski definition) is 5. The molecule has 4 aromatic rings. The molecule has 1 N–H and O–H groups in total. The highest BCUT2D eigenvalue weighted by Crippen LogP contribution is 2.39. The molecule has 1 amide bonds. The van der Waals surface area contributed by atoms with E-state index in [4.69, 9.17) is 9.15 Å². The van der Waals surface area contributed by atoms with Crippen molar-refractivity contribution in [2.45, 2.75) is 26.4 Å². The van der Waals surface area contributed by atoms with Gasteiger partial charge >= 0.3 is 0 Å². The van der Waals surface area contributed by atoms with Gasteiger partial charge in [-0.3, -0.25) is 9.78 Å². The molecule has 7 heteroatoms. The number of aromatic nitrogens is 2. The standard InChI is InChI=1S/C26H22FN3O3/c1-15-13-28-16(2)24(30-15)22-12-20(27)10-19-11-21(33-25(19)22)14-29-26(31)18-6-3-5-17(9-18)23-7-4-8-32-23/h3-10,12-13,21H,11,14H2,1-2H3,(H,29,31). The summed E-state index contributed by atoms with van der Waals surface area (Å²) in [7, 11) is 0. The van der Waals surface area contributed by atoms with Gasteiger partial charge in [0, 0.05) is 34.9 Å². The second kappa shape index (κ2) is 8.50. The maximum absolute atomic E-state index is 14.4. The summed E-state index contributed by atoms with van der Waals surface area (Å²) >= 11 is 0. The van der Waals surface area contributed by atoms with Gasteiger partial charge in [-0.15, -0.1) is 0 Å². The van der Waals surface area contributed by atoms with Crippen molar-refractivity contribution in [3.05, 3.63) is 89.3 Å². The minimum absolute atomic E-state index is 0.213. The fraction of sp³-hybridized carbons (Fsp3) is 0.192. The third-order valence-electron chi connectivity index (χ3n) is 5.61. The van der Waals surface area contributed by atoms with Crippen LogP contribution < -0.4 is 10.1 Å². The molecule has 5 rings (SSSR count). The van der Waals surface area contributed by atoms with Gasteiger partial charge in [0.15, 0.2) is 0 Å². The molecule has 0 saturated carbocycles. The van der Waals surface area contributed by atoms with Crippen molar-refractivity contribution in [2.24, 2.45) is 0 Å². The second-order valence-electron chi connectivity index (χ2n) is 8.10. The summed E-state index contributed by atoms with van der Waals surface area (Å²) < 4.78 is 25.9. The van der Waals surface area contributed by atoms with Crippen LogP contribution in [0.1, 0.15) is 27.3 Å². The first kappa shape index (κ1) is 20.9. The van der Waals surface area contributed by atoms with Crippen molar-refractivity contribution in [3.8, 4) is 28.3 Å². The Kier molecular flexibility index (Phi) is 5.38. The maximum Gasteiger partial charge on any atom is 0.251 e. The molecule has 6 nitrogen and oxygen atoms in total. The third-order valence-corrected chi connectivity index (χ3v) is 5.61. The summed E-state index contributed by atoms with van der Waals surface area (Å²) in [5.41, 5.74) is 4.73. The number of hydrogen-bond donors (Lipinski definition) is 1. The van der Waals surface area contributed by atoms with Crippen LogP contribution in [0.5, 0.6) is 5.75 Å². The van der Waals surface area contributed by atoms with Gasteiger partial charge in [-0.2, -0.15) is 0 Å². The molecule has 1 unspecified atom stereocenters. The Hall–Kier alpha value is -4.00. The zero-order valence-corrected chi connectivity index (χ0v) is 18.3. The molecule has 3 heterocycles. The number of aryl methyl sites for hydroxylation is 2. The number of carbonyl (C=O) groups excluding carboxylic acids is 1. The van der Waals surface area contributed by atoms with E-state index in [1.807, 2.05) is 32.0 Å². The van der Waals surface area contributed by atoms with Gasteiger partial charge in [0.25, 0.3) is 5.91 Å². The van der Waals surface area contributed by atoms with Crippen LogP contribution in [0.4, 0.5) is 4.39 Å². The predicted octanol–water partition coefficient (Wildman–Crippen LogP) is 4.89. The van der Waals surface area contributed by atoms with Crippen molar-refractivity contribution in [1.29, 1.82) is 0 Å². The SMILES string of the molecule is Cc1cnc(C)c(-c2cc(F)cc3c2OC(CNC(=O)c2cccc(-c4ccco4)c2)C3)n1. The number of furan rings is 1. The van der Waals surface area contributed by atoms with Crippen LogP contribution >= 0.6 is 0 Å². The molecule has 0 fully saturated rings. The van der Waals surface area contributed by atoms with Crippen molar-refractivity contribution < 1.29 is 18.3 Å². The van der Waals surface area contributed by atoms with E-state index in [-0.39, 0.29) is 24.4 Å². The summed E-state index contributed by atoms with van der Waals surface area (Å²) in [5, 5.41) is 2.93. The maximum atomic E-state index is 14.4. The molecule has 1 atom stereocenters. The molecular formula is C26H22FN3O3. The monoisotopic (exact) mass is 443 g/mol. The number of carbonyl (C=O) groups is 1. The molecule has 2 aromatic heterocycles. The highest BCUT2D eigenvalue weighted by Gasteiger charge is 2.28. The number of nitrogens with one attached hydrogen (secondary N) is 1. The van der Waals surface area contributed by atoms with Gasteiger partial charge in [0.1, 0.15) is 23.4 Å². The highest BCUT2D eigenvalue weighted by molar-refractivity contribution is 5.95. The van der Waals surface area contributed by atoms with Crippen LogP contribution in [0.2, 0.25) is 0 Å². The van der Waals surface area contributed by atoms with E-state index < -0.39 is 0 Å². The topological polar surface area (TPSA) is 77.2 Å². The smallest absolute Gasteiger partial charge is 0.251 e. The van der Waals surface area contributed by atoms with Crippen LogP contribution in [-0.2, 0) is 6.42 Å². The molecule has 0 spiro atoms. The first-order chi connectivity index (χ1) is 16.0. The van der Waals surface area contributed by atoms with E-state index in [9.17, 15) is 9.18 Å². The van der Waals surface area contributed by atoms with Crippen molar-refractivity contribution in [3.63, 3.8) is 0 Å². The Balaban J connectivity index is 1.32. The second-order valence-corrected chi connectivity index (χ2v) is 8.10. The van der Waals surface area contributed by atoms with Crippen molar-refractivity contribution in [1.82, 2.24) is 15.3 Å². The number of amides is 1. The number of nitrogens with zero attached hydrogens (tertiary/aromatic N) is 2. The average Bonchev–Trinajstić information content (AvgIpc) is 3.49. The quantitative estimate of drug-likeness (QED) is 0.475. The molecule has 0 saturated heterocycles. The molecule has 0 bridgehead atoms. The lowest BCUT2D eigenvalue weighted by Crippen LogP contribution is -2.34. The van der Waals surface area contributed by atoms with Gasteiger partial charge in [-0.25, -0.2) is 9.37 Å². The minimum atomic E-state index is -0.352. The number of halogens is 1. The molecule has 33 heavy (non-hydrogen) atoms. The van der Waals surface area contributed by atoms with E-state index in [0.717, 1.165) is 16.8 Å². The van der Waals surface area contributed by atoms with Gasteiger partial charge in [-0.1, -0.05) is 12.1 Å². The summed E-state index contributed by atoms with van der Waals surface area (Å²) in [6, 6.07) is 13.8. The first-order valence-corrected chi connectivity index (χ1v) is 10.7. The Bertz CT molecular complexity index is 1330. The van der Waals surface area contributed by atoms with Gasteiger partial charge in [0.05, 0.1) is 29.9 Å². The molecule has 0 aliphatic carbocycles. The Labute approximate surface area is 190 Å². The van der Waals surface area contributed by atoms with E-state index in [1.165, 1.54) is 12.1 Å². The normalized spacial score (nSPS) is 14.6. The van der Waals surface area contributed by atoms with Crippen molar-refractivity contribution >= 4 is 5.91 Å². The lowest BCUT2D eigenvalue weighted by atomic mass is 10.0. The number of rotatable bonds is 5. The Morgan fingerprint density at radius 3 is 2.88 bits per heavy atom. The van der Waals surface area contributed by atoms with Crippen LogP contribution in [0.25, 0.3) is 22.6 Å². The van der Waals surface area contributed by atoms with Crippen molar-refractivity contribution in [2.75, 3.05) is 6.54 Å². The summed E-state index contributed by atoms with van der Waals surface area (Å²) in [5.74, 6) is 0.728. The first-order valence-electron chi connectivity index (χ1n) is 10.7. The molecule has 1 aliphatic rings. The van der Waals surface area contributed by atoms with Gasteiger partial charge < -0.3 is 14.5 Å². The van der Waals surface area contributed by atoms with Gasteiger partial charge in [-0.05, 0) is 50.2 Å². The molecule has 0 radical (unpaired) electrons. The summed E-state index contributed by atoms with van der Waals surface area (Å²) in [6.45, 7) is 3.97. The van der Waals surface area contributed by atoms with Gasteiger partial charge in [0.2, 0.25) is 0 Å². The van der Waals surface area contributed by atoms with E-state index in [0.29, 0.717) is 40.4 Å². The average molecular weight is 443 g/mol. The number of benzene rings is 2. The molecule has 2 aromatic carbocycles. The highest BCUT2D eigenvalue weighted by atomic mass is 19.1. The van der Waals surface area contributed by atoms with Crippen LogP contribution in [-0.4, -0.2) is 28.5 Å². The predicted molar refractivity (Wildman–Crippen MR) is 121 cm³/mol. The summed E-state index contributed by atoms with van der Waals surface area (Å²) in [4.78, 5) is 21.6. The Morgan fingerprint density at radius 1 is 1.18 bits per heavy atom. The van der Waals surface area contributed by atoms with Crippen LogP contribution in [0.15, 0.2) is 65.4 Å². The minimum Gasteiger partial charge on any atom is -0.487 e. The fourth-order valence-electron chi connectivity index (χ4n) is 4.04. The van der Waals surface area contributed by atoms with Crippen LogP contribution in [0, 0.1) is 19.7 Å². The lowest BCUT2D eigenvalue weighted by molar-refractivity contribution is 0.0933. The van der Waals surface area contributed by atoms with E-state index in [1.54, 1.807) is 30.7 Å². The molecule has 166 valence electrons.